The van der Waals surface area contributed by atoms with Crippen LogP contribution in [0.25, 0.3) is 0 Å². The second kappa shape index (κ2) is 8.46. The van der Waals surface area contributed by atoms with Crippen LogP contribution in [0.15, 0.2) is 53.4 Å². The fourth-order valence-electron chi connectivity index (χ4n) is 3.35. The van der Waals surface area contributed by atoms with E-state index in [1.165, 1.54) is 36.6 Å². The highest BCUT2D eigenvalue weighted by atomic mass is 32.2. The van der Waals surface area contributed by atoms with Crippen LogP contribution in [0.2, 0.25) is 0 Å². The van der Waals surface area contributed by atoms with Crippen molar-refractivity contribution in [2.24, 2.45) is 0 Å². The lowest BCUT2D eigenvalue weighted by molar-refractivity contribution is -0.120. The van der Waals surface area contributed by atoms with Gasteiger partial charge in [-0.1, -0.05) is 30.3 Å². The van der Waals surface area contributed by atoms with Crippen LogP contribution in [-0.2, 0) is 37.8 Å². The Bertz CT molecular complexity index is 1160. The largest absolute Gasteiger partial charge is 0.325 e. The van der Waals surface area contributed by atoms with Gasteiger partial charge in [-0.15, -0.1) is 0 Å². The van der Waals surface area contributed by atoms with Crippen molar-refractivity contribution in [3.8, 4) is 0 Å². The summed E-state index contributed by atoms with van der Waals surface area (Å²) < 4.78 is 52.3. The van der Waals surface area contributed by atoms with Crippen molar-refractivity contribution in [2.75, 3.05) is 25.2 Å². The molecular formula is C20H25N3O5S2. The van der Waals surface area contributed by atoms with Crippen molar-refractivity contribution in [3.63, 3.8) is 0 Å². The first kappa shape index (κ1) is 22.4. The zero-order chi connectivity index (χ0) is 22.1. The molecule has 1 amide bonds. The van der Waals surface area contributed by atoms with Crippen LogP contribution in [0, 0.1) is 0 Å². The molecule has 1 N–H and O–H groups in total. The van der Waals surface area contributed by atoms with E-state index in [1.807, 2.05) is 24.3 Å². The van der Waals surface area contributed by atoms with Gasteiger partial charge in [0.05, 0.1) is 10.6 Å². The van der Waals surface area contributed by atoms with Crippen molar-refractivity contribution in [1.29, 1.82) is 0 Å². The molecule has 0 saturated heterocycles. The van der Waals surface area contributed by atoms with Gasteiger partial charge in [0.25, 0.3) is 0 Å². The lowest BCUT2D eigenvalue weighted by Crippen LogP contribution is -2.51. The van der Waals surface area contributed by atoms with Crippen molar-refractivity contribution >= 4 is 31.6 Å². The Morgan fingerprint density at radius 3 is 2.37 bits per heavy atom. The molecule has 0 unspecified atom stereocenters. The van der Waals surface area contributed by atoms with E-state index in [9.17, 15) is 21.6 Å². The lowest BCUT2D eigenvalue weighted by atomic mass is 9.95. The molecule has 0 spiro atoms. The molecule has 0 bridgehead atoms. The molecule has 2 aromatic carbocycles. The van der Waals surface area contributed by atoms with E-state index < -0.39 is 32.0 Å². The summed E-state index contributed by atoms with van der Waals surface area (Å²) >= 11 is 0. The molecule has 3 rings (SSSR count). The lowest BCUT2D eigenvalue weighted by Gasteiger charge is -2.34. The molecule has 2 aromatic rings. The summed E-state index contributed by atoms with van der Waals surface area (Å²) in [4.78, 5) is 13.1. The molecule has 0 saturated carbocycles. The average molecular weight is 452 g/mol. The van der Waals surface area contributed by atoms with Crippen molar-refractivity contribution in [1.82, 2.24) is 8.61 Å². The number of nitrogens with one attached hydrogen (secondary N) is 1. The molecular weight excluding hydrogens is 426 g/mol. The molecule has 162 valence electrons. The van der Waals surface area contributed by atoms with Crippen LogP contribution in [-0.4, -0.2) is 57.2 Å². The van der Waals surface area contributed by atoms with Gasteiger partial charge < -0.3 is 5.32 Å². The minimum Gasteiger partial charge on any atom is -0.325 e. The quantitative estimate of drug-likeness (QED) is 0.719. The maximum absolute atomic E-state index is 13.1. The third kappa shape index (κ3) is 4.41. The number of nitrogens with zero attached hydrogens (tertiary/aromatic N) is 2. The molecule has 1 aliphatic heterocycles. The highest BCUT2D eigenvalue weighted by Crippen LogP contribution is 2.27. The molecule has 0 fully saturated rings. The summed E-state index contributed by atoms with van der Waals surface area (Å²) in [5, 5.41) is 2.69. The number of hydrogen-bond donors (Lipinski definition) is 1. The Hall–Kier alpha value is -2.27. The van der Waals surface area contributed by atoms with Gasteiger partial charge in [0.1, 0.15) is 6.04 Å². The summed E-state index contributed by atoms with van der Waals surface area (Å²) in [7, 11) is -4.44. The van der Waals surface area contributed by atoms with Crippen LogP contribution in [0.4, 0.5) is 5.69 Å². The summed E-state index contributed by atoms with van der Waals surface area (Å²) in [5.74, 6) is -0.615. The number of fused-ring (bicyclic) bond motifs is 1. The first-order valence-electron chi connectivity index (χ1n) is 9.46. The fourth-order valence-corrected chi connectivity index (χ4v) is 5.52. The van der Waals surface area contributed by atoms with Gasteiger partial charge in [0, 0.05) is 26.3 Å². The Morgan fingerprint density at radius 1 is 1.07 bits per heavy atom. The van der Waals surface area contributed by atoms with Crippen molar-refractivity contribution < 1.29 is 21.6 Å². The van der Waals surface area contributed by atoms with E-state index in [1.54, 1.807) is 13.0 Å². The van der Waals surface area contributed by atoms with E-state index >= 15 is 0 Å². The molecule has 30 heavy (non-hydrogen) atoms. The van der Waals surface area contributed by atoms with Gasteiger partial charge in [-0.05, 0) is 42.7 Å². The van der Waals surface area contributed by atoms with Gasteiger partial charge in [0.2, 0.25) is 26.0 Å². The molecule has 10 heteroatoms. The number of benzene rings is 2. The number of anilines is 1. The van der Waals surface area contributed by atoms with E-state index in [0.717, 1.165) is 15.4 Å². The number of hydrogen-bond acceptors (Lipinski definition) is 5. The minimum atomic E-state index is -3.66. The van der Waals surface area contributed by atoms with E-state index in [2.05, 4.69) is 5.32 Å². The van der Waals surface area contributed by atoms with Crippen LogP contribution in [0.5, 0.6) is 0 Å². The second-order valence-electron chi connectivity index (χ2n) is 7.24. The maximum Gasteiger partial charge on any atom is 0.243 e. The SMILES string of the molecule is CCS(=O)(=O)N1Cc2ccccc2C[C@H]1C(=O)Nc1cccc(S(=O)(=O)N(C)C)c1. The summed E-state index contributed by atoms with van der Waals surface area (Å²) in [5.41, 5.74) is 2.08. The van der Waals surface area contributed by atoms with Crippen LogP contribution in [0.3, 0.4) is 0 Å². The highest BCUT2D eigenvalue weighted by Gasteiger charge is 2.38. The zero-order valence-corrected chi connectivity index (χ0v) is 18.7. The zero-order valence-electron chi connectivity index (χ0n) is 17.1. The normalized spacial score (nSPS) is 17.5. The predicted octanol–water partition coefficient (Wildman–Crippen LogP) is 1.65. The van der Waals surface area contributed by atoms with Crippen LogP contribution in [0.1, 0.15) is 18.1 Å². The first-order chi connectivity index (χ1) is 14.1. The number of amides is 1. The second-order valence-corrected chi connectivity index (χ2v) is 11.6. The third-order valence-electron chi connectivity index (χ3n) is 5.11. The molecule has 1 heterocycles. The third-order valence-corrected chi connectivity index (χ3v) is 8.75. The molecule has 1 aliphatic rings. The molecule has 1 atom stereocenters. The number of carbonyl (C=O) groups is 1. The summed E-state index contributed by atoms with van der Waals surface area (Å²) in [6, 6.07) is 12.4. The number of sulfonamides is 2. The molecule has 0 aliphatic carbocycles. The van der Waals surface area contributed by atoms with Gasteiger partial charge in [-0.25, -0.2) is 21.1 Å². The Morgan fingerprint density at radius 2 is 1.73 bits per heavy atom. The average Bonchev–Trinajstić information content (AvgIpc) is 2.72. The van der Waals surface area contributed by atoms with Gasteiger partial charge in [-0.2, -0.15) is 4.31 Å². The van der Waals surface area contributed by atoms with Crippen molar-refractivity contribution in [3.05, 3.63) is 59.7 Å². The van der Waals surface area contributed by atoms with Crippen LogP contribution < -0.4 is 5.32 Å². The van der Waals surface area contributed by atoms with E-state index in [0.29, 0.717) is 0 Å². The van der Waals surface area contributed by atoms with E-state index in [4.69, 9.17) is 0 Å². The van der Waals surface area contributed by atoms with E-state index in [-0.39, 0.29) is 29.3 Å². The monoisotopic (exact) mass is 451 g/mol. The van der Waals surface area contributed by atoms with Gasteiger partial charge in [-0.3, -0.25) is 4.79 Å². The first-order valence-corrected chi connectivity index (χ1v) is 12.5. The summed E-state index contributed by atoms with van der Waals surface area (Å²) in [6.07, 6.45) is 0.247. The molecule has 0 radical (unpaired) electrons. The summed E-state index contributed by atoms with van der Waals surface area (Å²) in [6.45, 7) is 1.67. The number of rotatable bonds is 6. The Kier molecular flexibility index (Phi) is 6.32. The smallest absolute Gasteiger partial charge is 0.243 e. The minimum absolute atomic E-state index is 0.0392. The Labute approximate surface area is 177 Å². The molecule has 8 nitrogen and oxygen atoms in total. The topological polar surface area (TPSA) is 104 Å². The molecule has 0 aromatic heterocycles. The number of carbonyl (C=O) groups excluding carboxylic acids is 1. The maximum atomic E-state index is 13.1. The standard InChI is InChI=1S/C20H25N3O5S2/c1-4-29(25,26)23-14-16-9-6-5-8-15(16)12-19(23)20(24)21-17-10-7-11-18(13-17)30(27,28)22(2)3/h5-11,13,19H,4,12,14H2,1-3H3,(H,21,24)/t19-/m0/s1. The van der Waals surface area contributed by atoms with Crippen molar-refractivity contribution in [2.45, 2.75) is 30.8 Å². The predicted molar refractivity (Wildman–Crippen MR) is 115 cm³/mol. The van der Waals surface area contributed by atoms with Gasteiger partial charge >= 0.3 is 0 Å². The Balaban J connectivity index is 1.92. The van der Waals surface area contributed by atoms with Crippen LogP contribution >= 0.6 is 0 Å². The van der Waals surface area contributed by atoms with Gasteiger partial charge in [0.15, 0.2) is 0 Å². The highest BCUT2D eigenvalue weighted by molar-refractivity contribution is 7.89. The fraction of sp³-hybridized carbons (Fsp3) is 0.350.